The Bertz CT molecular complexity index is 760. The zero-order valence-electron chi connectivity index (χ0n) is 14.8. The second-order valence-corrected chi connectivity index (χ2v) is 6.56. The second kappa shape index (κ2) is 9.21. The lowest BCUT2D eigenvalue weighted by atomic mass is 9.98. The number of benzene rings is 1. The maximum Gasteiger partial charge on any atom is 0.231 e. The van der Waals surface area contributed by atoms with E-state index in [2.05, 4.69) is 20.7 Å². The summed E-state index contributed by atoms with van der Waals surface area (Å²) in [4.78, 5) is 16.9. The van der Waals surface area contributed by atoms with E-state index < -0.39 is 0 Å². The first kappa shape index (κ1) is 20.5. The van der Waals surface area contributed by atoms with E-state index >= 15 is 0 Å². The van der Waals surface area contributed by atoms with Crippen LogP contribution in [0.15, 0.2) is 18.2 Å². The lowest BCUT2D eigenvalue weighted by molar-refractivity contribution is -0.115. The van der Waals surface area contributed by atoms with E-state index in [9.17, 15) is 4.79 Å². The lowest BCUT2D eigenvalue weighted by Crippen LogP contribution is -2.27. The van der Waals surface area contributed by atoms with Crippen LogP contribution in [0.2, 0.25) is 5.02 Å². The summed E-state index contributed by atoms with van der Waals surface area (Å²) in [5.74, 6) is 2.03. The number of rotatable bonds is 5. The number of carbonyl (C=O) groups excluding carboxylic acids is 1. The third kappa shape index (κ3) is 4.87. The smallest absolute Gasteiger partial charge is 0.231 e. The molecule has 2 aromatic rings. The Balaban J connectivity index is 0.00000243. The molecule has 1 aromatic heterocycles. The predicted molar refractivity (Wildman–Crippen MR) is 103 cm³/mol. The highest BCUT2D eigenvalue weighted by atomic mass is 35.5. The van der Waals surface area contributed by atoms with Gasteiger partial charge in [0, 0.05) is 23.6 Å². The molecule has 2 N–H and O–H groups in total. The molecule has 0 atom stereocenters. The van der Waals surface area contributed by atoms with Gasteiger partial charge >= 0.3 is 0 Å². The molecule has 9 heteroatoms. The van der Waals surface area contributed by atoms with Gasteiger partial charge in [-0.05, 0) is 44.1 Å². The first-order valence-electron chi connectivity index (χ1n) is 8.30. The van der Waals surface area contributed by atoms with Crippen molar-refractivity contribution in [3.63, 3.8) is 0 Å². The Morgan fingerprint density at radius 3 is 2.85 bits per heavy atom. The summed E-state index contributed by atoms with van der Waals surface area (Å²) in [5, 5.41) is 11.2. The number of nitrogens with zero attached hydrogens (tertiary/aromatic N) is 3. The number of aryl methyl sites for hydroxylation is 1. The molecule has 7 nitrogen and oxygen atoms in total. The summed E-state index contributed by atoms with van der Waals surface area (Å²) >= 11 is 6.01. The van der Waals surface area contributed by atoms with Crippen LogP contribution in [0.4, 0.5) is 5.95 Å². The van der Waals surface area contributed by atoms with Crippen molar-refractivity contribution in [1.82, 2.24) is 20.1 Å². The standard InChI is InChI=1S/C17H22ClN5O2.ClH/c1-23-17(21-16(22-23)11-5-7-19-8-6-11)20-15(24)10-12-9-13(18)3-4-14(12)25-2;/h3-4,9,11,19H,5-8,10H2,1-2H3,(H,20,21,22,24);1H. The molecule has 26 heavy (non-hydrogen) atoms. The molecule has 1 amide bonds. The maximum atomic E-state index is 12.4. The molecule has 142 valence electrons. The first-order chi connectivity index (χ1) is 12.1. The van der Waals surface area contributed by atoms with Gasteiger partial charge in [0.1, 0.15) is 5.75 Å². The monoisotopic (exact) mass is 399 g/mol. The topological polar surface area (TPSA) is 81.1 Å². The minimum absolute atomic E-state index is 0. The molecule has 1 fully saturated rings. The Kier molecular flexibility index (Phi) is 7.25. The van der Waals surface area contributed by atoms with Gasteiger partial charge in [-0.25, -0.2) is 4.68 Å². The molecule has 0 unspecified atom stereocenters. The van der Waals surface area contributed by atoms with Crippen molar-refractivity contribution in [2.45, 2.75) is 25.2 Å². The number of anilines is 1. The average Bonchev–Trinajstić information content (AvgIpc) is 2.96. The predicted octanol–water partition coefficient (Wildman–Crippen LogP) is 2.55. The lowest BCUT2D eigenvalue weighted by Gasteiger charge is -2.19. The fraction of sp³-hybridized carbons (Fsp3) is 0.471. The minimum atomic E-state index is -0.187. The molecule has 1 saturated heterocycles. The van der Waals surface area contributed by atoms with E-state index in [1.54, 1.807) is 37.0 Å². The number of hydrogen-bond acceptors (Lipinski definition) is 5. The van der Waals surface area contributed by atoms with Gasteiger partial charge in [-0.3, -0.25) is 10.1 Å². The van der Waals surface area contributed by atoms with Crippen LogP contribution in [0, 0.1) is 0 Å². The summed E-state index contributed by atoms with van der Waals surface area (Å²) in [6.45, 7) is 1.94. The SMILES string of the molecule is COc1ccc(Cl)cc1CC(=O)Nc1nc(C2CCNCC2)nn1C.Cl. The molecule has 1 aromatic carbocycles. The quantitative estimate of drug-likeness (QED) is 0.807. The van der Waals surface area contributed by atoms with Crippen LogP contribution >= 0.6 is 24.0 Å². The molecular formula is C17H23Cl2N5O2. The summed E-state index contributed by atoms with van der Waals surface area (Å²) in [5.41, 5.74) is 0.730. The highest BCUT2D eigenvalue weighted by molar-refractivity contribution is 6.30. The van der Waals surface area contributed by atoms with E-state index in [4.69, 9.17) is 16.3 Å². The van der Waals surface area contributed by atoms with E-state index in [-0.39, 0.29) is 24.7 Å². The van der Waals surface area contributed by atoms with Gasteiger partial charge in [0.2, 0.25) is 11.9 Å². The largest absolute Gasteiger partial charge is 0.496 e. The number of halogens is 2. The third-order valence-corrected chi connectivity index (χ3v) is 4.56. The van der Waals surface area contributed by atoms with Crippen LogP contribution in [0.25, 0.3) is 0 Å². The second-order valence-electron chi connectivity index (χ2n) is 6.12. The molecule has 3 rings (SSSR count). The molecular weight excluding hydrogens is 377 g/mol. The molecule has 0 bridgehead atoms. The molecule has 0 aliphatic carbocycles. The highest BCUT2D eigenvalue weighted by Crippen LogP contribution is 2.25. The number of carbonyl (C=O) groups is 1. The molecule has 1 aliphatic rings. The van der Waals surface area contributed by atoms with Gasteiger partial charge in [0.15, 0.2) is 5.82 Å². The van der Waals surface area contributed by atoms with Crippen molar-refractivity contribution >= 4 is 35.9 Å². The van der Waals surface area contributed by atoms with Crippen LogP contribution in [0.1, 0.15) is 30.1 Å². The summed E-state index contributed by atoms with van der Waals surface area (Å²) in [6, 6.07) is 5.22. The summed E-state index contributed by atoms with van der Waals surface area (Å²) in [6.07, 6.45) is 2.17. The number of hydrogen-bond donors (Lipinski definition) is 2. The van der Waals surface area contributed by atoms with Crippen LogP contribution in [-0.2, 0) is 18.3 Å². The maximum absolute atomic E-state index is 12.4. The zero-order chi connectivity index (χ0) is 17.8. The number of methoxy groups -OCH3 is 1. The number of ether oxygens (including phenoxy) is 1. The number of nitrogens with one attached hydrogen (secondary N) is 2. The van der Waals surface area contributed by atoms with Gasteiger partial charge in [-0.15, -0.1) is 12.4 Å². The van der Waals surface area contributed by atoms with Crippen LogP contribution in [0.3, 0.4) is 0 Å². The number of amides is 1. The fourth-order valence-electron chi connectivity index (χ4n) is 2.99. The molecule has 2 heterocycles. The highest BCUT2D eigenvalue weighted by Gasteiger charge is 2.21. The Morgan fingerprint density at radius 1 is 1.42 bits per heavy atom. The van der Waals surface area contributed by atoms with E-state index in [1.165, 1.54) is 0 Å². The normalized spacial score (nSPS) is 14.6. The van der Waals surface area contributed by atoms with Crippen molar-refractivity contribution < 1.29 is 9.53 Å². The Labute approximate surface area is 163 Å². The Hall–Kier alpha value is -1.83. The van der Waals surface area contributed by atoms with Crippen LogP contribution < -0.4 is 15.4 Å². The van der Waals surface area contributed by atoms with E-state index in [0.717, 1.165) is 37.3 Å². The van der Waals surface area contributed by atoms with Crippen molar-refractivity contribution in [1.29, 1.82) is 0 Å². The first-order valence-corrected chi connectivity index (χ1v) is 8.68. The number of aromatic nitrogens is 3. The van der Waals surface area contributed by atoms with Gasteiger partial charge in [-0.2, -0.15) is 10.1 Å². The van der Waals surface area contributed by atoms with Gasteiger partial charge in [0.25, 0.3) is 0 Å². The molecule has 1 aliphatic heterocycles. The van der Waals surface area contributed by atoms with E-state index in [0.29, 0.717) is 22.6 Å². The van der Waals surface area contributed by atoms with Gasteiger partial charge < -0.3 is 10.1 Å². The third-order valence-electron chi connectivity index (χ3n) is 4.33. The van der Waals surface area contributed by atoms with E-state index in [1.807, 2.05) is 0 Å². The van der Waals surface area contributed by atoms with Crippen LogP contribution in [-0.4, -0.2) is 40.9 Å². The Morgan fingerprint density at radius 2 is 2.15 bits per heavy atom. The van der Waals surface area contributed by atoms with Gasteiger partial charge in [-0.1, -0.05) is 11.6 Å². The van der Waals surface area contributed by atoms with Crippen molar-refractivity contribution in [3.05, 3.63) is 34.6 Å². The summed E-state index contributed by atoms with van der Waals surface area (Å²) in [7, 11) is 3.35. The van der Waals surface area contributed by atoms with Crippen molar-refractivity contribution in [2.24, 2.45) is 7.05 Å². The molecule has 0 spiro atoms. The molecule has 0 saturated carbocycles. The summed E-state index contributed by atoms with van der Waals surface area (Å²) < 4.78 is 6.90. The van der Waals surface area contributed by atoms with Crippen molar-refractivity contribution in [2.75, 3.05) is 25.5 Å². The number of piperidine rings is 1. The van der Waals surface area contributed by atoms with Gasteiger partial charge in [0.05, 0.1) is 13.5 Å². The zero-order valence-corrected chi connectivity index (χ0v) is 16.4. The minimum Gasteiger partial charge on any atom is -0.496 e. The fourth-order valence-corrected chi connectivity index (χ4v) is 3.19. The van der Waals surface area contributed by atoms with Crippen LogP contribution in [0.5, 0.6) is 5.75 Å². The average molecular weight is 400 g/mol. The van der Waals surface area contributed by atoms with Crippen molar-refractivity contribution in [3.8, 4) is 5.75 Å². The molecule has 0 radical (unpaired) electrons.